The molecule has 3 nitrogen and oxygen atoms in total. The normalized spacial score (nSPS) is 13.2. The first-order chi connectivity index (χ1) is 9.14. The molecule has 0 bridgehead atoms. The number of hydrogen-bond donors (Lipinski definition) is 0. The minimum Gasteiger partial charge on any atom is -0.207 e. The first-order valence-corrected chi connectivity index (χ1v) is 7.73. The second-order valence-corrected chi connectivity index (χ2v) is 6.51. The third-order valence-electron chi connectivity index (χ3n) is 3.32. The van der Waals surface area contributed by atoms with Gasteiger partial charge in [-0.15, -0.1) is 0 Å². The summed E-state index contributed by atoms with van der Waals surface area (Å²) in [6.07, 6.45) is -3.18. The molecule has 0 saturated carbocycles. The van der Waals surface area contributed by atoms with E-state index in [1.165, 1.54) is 11.4 Å². The van der Waals surface area contributed by atoms with Crippen LogP contribution in [0, 0.1) is 0 Å². The number of hydrogen-bond acceptors (Lipinski definition) is 2. The lowest BCUT2D eigenvalue weighted by molar-refractivity contribution is -0.137. The fourth-order valence-corrected chi connectivity index (χ4v) is 3.48. The molecule has 0 atom stereocenters. The van der Waals surface area contributed by atoms with Gasteiger partial charge in [-0.3, -0.25) is 0 Å². The lowest BCUT2D eigenvalue weighted by Crippen LogP contribution is -2.36. The van der Waals surface area contributed by atoms with Gasteiger partial charge < -0.3 is 0 Å². The summed E-state index contributed by atoms with van der Waals surface area (Å²) in [7, 11) is -2.31. The summed E-state index contributed by atoms with van der Waals surface area (Å²) >= 11 is 0. The van der Waals surface area contributed by atoms with Crippen molar-refractivity contribution in [1.82, 2.24) is 4.31 Å². The molecule has 0 aliphatic carbocycles. The number of rotatable bonds is 5. The molecule has 1 aromatic carbocycles. The molecule has 7 heteroatoms. The quantitative estimate of drug-likeness (QED) is 0.834. The maximum atomic E-state index is 12.5. The minimum atomic E-state index is -4.47. The van der Waals surface area contributed by atoms with Gasteiger partial charge in [0, 0.05) is 13.1 Å². The molecule has 114 valence electrons. The van der Waals surface area contributed by atoms with Crippen molar-refractivity contribution in [3.8, 4) is 0 Å². The van der Waals surface area contributed by atoms with Crippen molar-refractivity contribution >= 4 is 10.0 Å². The average Bonchev–Trinajstić information content (AvgIpc) is 2.39. The van der Waals surface area contributed by atoms with E-state index in [0.717, 1.165) is 24.3 Å². The Balaban J connectivity index is 3.11. The third-order valence-corrected chi connectivity index (χ3v) is 5.24. The van der Waals surface area contributed by atoms with Crippen molar-refractivity contribution in [2.45, 2.75) is 43.8 Å². The zero-order valence-electron chi connectivity index (χ0n) is 11.6. The molecule has 0 fully saturated rings. The molecule has 20 heavy (non-hydrogen) atoms. The highest BCUT2D eigenvalue weighted by molar-refractivity contribution is 7.89. The molecule has 0 heterocycles. The van der Waals surface area contributed by atoms with Crippen LogP contribution in [0.4, 0.5) is 13.2 Å². The first kappa shape index (κ1) is 17.0. The zero-order valence-corrected chi connectivity index (χ0v) is 12.4. The van der Waals surface area contributed by atoms with Crippen LogP contribution in [0.5, 0.6) is 0 Å². The predicted molar refractivity (Wildman–Crippen MR) is 70.8 cm³/mol. The Morgan fingerprint density at radius 1 is 1.10 bits per heavy atom. The van der Waals surface area contributed by atoms with E-state index < -0.39 is 21.8 Å². The molecule has 0 unspecified atom stereocenters. The van der Waals surface area contributed by atoms with E-state index in [1.807, 2.05) is 13.8 Å². The summed E-state index contributed by atoms with van der Waals surface area (Å²) in [5.74, 6) is 0. The standard InChI is InChI=1S/C13H18F3NO2S/c1-4-11(5-2)17(3)20(18,19)12-8-6-10(7-9-12)13(14,15)16/h6-9,11H,4-5H2,1-3H3. The molecule has 0 aromatic heterocycles. The van der Waals surface area contributed by atoms with Crippen LogP contribution in [0.1, 0.15) is 32.3 Å². The third kappa shape index (κ3) is 3.52. The van der Waals surface area contributed by atoms with Crippen molar-refractivity contribution < 1.29 is 21.6 Å². The van der Waals surface area contributed by atoms with Crippen LogP contribution in [0.2, 0.25) is 0 Å². The Bertz CT molecular complexity index is 534. The van der Waals surface area contributed by atoms with Crippen LogP contribution in [-0.4, -0.2) is 25.8 Å². The maximum Gasteiger partial charge on any atom is 0.416 e. The van der Waals surface area contributed by atoms with E-state index in [2.05, 4.69) is 0 Å². The van der Waals surface area contributed by atoms with Gasteiger partial charge >= 0.3 is 6.18 Å². The molecule has 0 radical (unpaired) electrons. The summed E-state index contributed by atoms with van der Waals surface area (Å²) in [6.45, 7) is 3.74. The van der Waals surface area contributed by atoms with Crippen LogP contribution in [-0.2, 0) is 16.2 Å². The number of benzene rings is 1. The van der Waals surface area contributed by atoms with Gasteiger partial charge in [0.1, 0.15) is 0 Å². The van der Waals surface area contributed by atoms with Gasteiger partial charge in [-0.05, 0) is 37.1 Å². The van der Waals surface area contributed by atoms with Crippen LogP contribution in [0.15, 0.2) is 29.2 Å². The Kier molecular flexibility index (Phi) is 5.21. The van der Waals surface area contributed by atoms with Crippen LogP contribution in [0.25, 0.3) is 0 Å². The van der Waals surface area contributed by atoms with E-state index in [-0.39, 0.29) is 10.9 Å². The van der Waals surface area contributed by atoms with Crippen LogP contribution >= 0.6 is 0 Å². The van der Waals surface area contributed by atoms with Gasteiger partial charge in [-0.2, -0.15) is 17.5 Å². The van der Waals surface area contributed by atoms with Crippen LogP contribution in [0.3, 0.4) is 0 Å². The monoisotopic (exact) mass is 309 g/mol. The van der Waals surface area contributed by atoms with E-state index in [9.17, 15) is 21.6 Å². The molecule has 1 aromatic rings. The van der Waals surface area contributed by atoms with Gasteiger partial charge in [0.2, 0.25) is 10.0 Å². The second kappa shape index (κ2) is 6.13. The Hall–Kier alpha value is -1.08. The first-order valence-electron chi connectivity index (χ1n) is 6.29. The highest BCUT2D eigenvalue weighted by atomic mass is 32.2. The molecule has 0 spiro atoms. The molecule has 0 aliphatic rings. The fourth-order valence-electron chi connectivity index (χ4n) is 1.98. The van der Waals surface area contributed by atoms with Gasteiger partial charge in [0.15, 0.2) is 0 Å². The Labute approximate surface area is 117 Å². The van der Waals surface area contributed by atoms with Crippen LogP contribution < -0.4 is 0 Å². The topological polar surface area (TPSA) is 37.4 Å². The summed E-state index contributed by atoms with van der Waals surface area (Å²) in [5.41, 5.74) is -0.860. The largest absolute Gasteiger partial charge is 0.416 e. The number of nitrogens with zero attached hydrogens (tertiary/aromatic N) is 1. The van der Waals surface area contributed by atoms with Crippen molar-refractivity contribution in [3.63, 3.8) is 0 Å². The SMILES string of the molecule is CCC(CC)N(C)S(=O)(=O)c1ccc(C(F)(F)F)cc1. The average molecular weight is 309 g/mol. The maximum absolute atomic E-state index is 12.5. The van der Waals surface area contributed by atoms with E-state index in [0.29, 0.717) is 12.8 Å². The summed E-state index contributed by atoms with van der Waals surface area (Å²) in [6, 6.07) is 3.40. The smallest absolute Gasteiger partial charge is 0.207 e. The molecule has 0 N–H and O–H groups in total. The molecular formula is C13H18F3NO2S. The lowest BCUT2D eigenvalue weighted by Gasteiger charge is -2.25. The Morgan fingerprint density at radius 2 is 1.55 bits per heavy atom. The summed E-state index contributed by atoms with van der Waals surface area (Å²) < 4.78 is 63.2. The van der Waals surface area contributed by atoms with Crippen molar-refractivity contribution in [2.24, 2.45) is 0 Å². The zero-order chi connectivity index (χ0) is 15.6. The van der Waals surface area contributed by atoms with Crippen molar-refractivity contribution in [1.29, 1.82) is 0 Å². The van der Waals surface area contributed by atoms with Crippen molar-refractivity contribution in [3.05, 3.63) is 29.8 Å². The highest BCUT2D eigenvalue weighted by Gasteiger charge is 2.31. The Morgan fingerprint density at radius 3 is 1.90 bits per heavy atom. The number of alkyl halides is 3. The molecule has 0 amide bonds. The van der Waals surface area contributed by atoms with Gasteiger partial charge in [0.25, 0.3) is 0 Å². The number of halogens is 3. The van der Waals surface area contributed by atoms with Crippen molar-refractivity contribution in [2.75, 3.05) is 7.05 Å². The second-order valence-electron chi connectivity index (χ2n) is 4.51. The summed E-state index contributed by atoms with van der Waals surface area (Å²) in [5, 5.41) is 0. The minimum absolute atomic E-state index is 0.125. The van der Waals surface area contributed by atoms with E-state index in [4.69, 9.17) is 0 Å². The molecular weight excluding hydrogens is 291 g/mol. The fraction of sp³-hybridized carbons (Fsp3) is 0.538. The molecule has 0 aliphatic heterocycles. The summed E-state index contributed by atoms with van der Waals surface area (Å²) in [4.78, 5) is -0.125. The molecule has 1 rings (SSSR count). The van der Waals surface area contributed by atoms with Gasteiger partial charge in [-0.1, -0.05) is 13.8 Å². The number of sulfonamides is 1. The van der Waals surface area contributed by atoms with Gasteiger partial charge in [-0.25, -0.2) is 8.42 Å². The van der Waals surface area contributed by atoms with Gasteiger partial charge in [0.05, 0.1) is 10.5 Å². The predicted octanol–water partition coefficient (Wildman–Crippen LogP) is 3.51. The lowest BCUT2D eigenvalue weighted by atomic mass is 10.2. The highest BCUT2D eigenvalue weighted by Crippen LogP contribution is 2.30. The van der Waals surface area contributed by atoms with E-state index in [1.54, 1.807) is 0 Å². The van der Waals surface area contributed by atoms with E-state index >= 15 is 0 Å². The molecule has 0 saturated heterocycles.